The predicted molar refractivity (Wildman–Crippen MR) is 123 cm³/mol. The predicted octanol–water partition coefficient (Wildman–Crippen LogP) is 5.82. The standard InChI is InChI=1S/C24H25ClN2OS/c1-28-22-9-5-10-23(17-22)29-24-11-3-2-6-19(24)18-26-12-14-27(15-13-26)21-8-4-7-20(25)16-21/h2-11,16-17H,12-15,18H2,1H3. The van der Waals surface area contributed by atoms with Crippen molar-refractivity contribution in [3.05, 3.63) is 83.4 Å². The fraction of sp³-hybridized carbons (Fsp3) is 0.250. The fourth-order valence-electron chi connectivity index (χ4n) is 3.60. The van der Waals surface area contributed by atoms with Crippen LogP contribution in [-0.4, -0.2) is 38.2 Å². The maximum absolute atomic E-state index is 6.16. The van der Waals surface area contributed by atoms with Crippen molar-refractivity contribution in [3.63, 3.8) is 0 Å². The van der Waals surface area contributed by atoms with Gasteiger partial charge < -0.3 is 9.64 Å². The molecule has 0 bridgehead atoms. The average Bonchev–Trinajstić information content (AvgIpc) is 2.76. The molecule has 3 nitrogen and oxygen atoms in total. The second-order valence-corrected chi connectivity index (χ2v) is 8.68. The number of ether oxygens (including phenoxy) is 1. The summed E-state index contributed by atoms with van der Waals surface area (Å²) in [4.78, 5) is 7.45. The summed E-state index contributed by atoms with van der Waals surface area (Å²) in [6.45, 7) is 5.10. The van der Waals surface area contributed by atoms with Crippen molar-refractivity contribution in [1.29, 1.82) is 0 Å². The highest BCUT2D eigenvalue weighted by molar-refractivity contribution is 7.99. The van der Waals surface area contributed by atoms with E-state index in [1.54, 1.807) is 18.9 Å². The third-order valence-electron chi connectivity index (χ3n) is 5.18. The van der Waals surface area contributed by atoms with Crippen LogP contribution in [0.2, 0.25) is 5.02 Å². The zero-order chi connectivity index (χ0) is 20.1. The summed E-state index contributed by atoms with van der Waals surface area (Å²) in [5, 5.41) is 0.799. The van der Waals surface area contributed by atoms with E-state index in [9.17, 15) is 0 Å². The quantitative estimate of drug-likeness (QED) is 0.495. The number of halogens is 1. The number of benzene rings is 3. The van der Waals surface area contributed by atoms with E-state index < -0.39 is 0 Å². The van der Waals surface area contributed by atoms with Gasteiger partial charge in [-0.25, -0.2) is 0 Å². The monoisotopic (exact) mass is 424 g/mol. The smallest absolute Gasteiger partial charge is 0.119 e. The van der Waals surface area contributed by atoms with Gasteiger partial charge >= 0.3 is 0 Å². The van der Waals surface area contributed by atoms with Crippen molar-refractivity contribution >= 4 is 29.1 Å². The third kappa shape index (κ3) is 5.27. The normalized spacial score (nSPS) is 14.8. The van der Waals surface area contributed by atoms with Gasteiger partial charge in [-0.3, -0.25) is 4.90 Å². The minimum atomic E-state index is 0.799. The van der Waals surface area contributed by atoms with Crippen LogP contribution < -0.4 is 9.64 Å². The summed E-state index contributed by atoms with van der Waals surface area (Å²) < 4.78 is 5.36. The van der Waals surface area contributed by atoms with Crippen molar-refractivity contribution < 1.29 is 4.74 Å². The van der Waals surface area contributed by atoms with Crippen LogP contribution in [0.1, 0.15) is 5.56 Å². The van der Waals surface area contributed by atoms with Crippen LogP contribution in [0.15, 0.2) is 82.6 Å². The number of hydrogen-bond donors (Lipinski definition) is 0. The molecule has 3 aromatic rings. The molecule has 0 amide bonds. The lowest BCUT2D eigenvalue weighted by molar-refractivity contribution is 0.248. The first-order valence-electron chi connectivity index (χ1n) is 9.84. The van der Waals surface area contributed by atoms with Crippen LogP contribution in [0.4, 0.5) is 5.69 Å². The molecule has 4 rings (SSSR count). The van der Waals surface area contributed by atoms with Crippen molar-refractivity contribution in [1.82, 2.24) is 4.90 Å². The number of rotatable bonds is 6. The molecule has 29 heavy (non-hydrogen) atoms. The van der Waals surface area contributed by atoms with Gasteiger partial charge in [0.25, 0.3) is 0 Å². The van der Waals surface area contributed by atoms with E-state index in [4.69, 9.17) is 16.3 Å². The van der Waals surface area contributed by atoms with Crippen LogP contribution in [0.5, 0.6) is 5.75 Å². The SMILES string of the molecule is COc1cccc(Sc2ccccc2CN2CCN(c3cccc(Cl)c3)CC2)c1. The van der Waals surface area contributed by atoms with Crippen LogP contribution in [-0.2, 0) is 6.54 Å². The number of methoxy groups -OCH3 is 1. The zero-order valence-corrected chi connectivity index (χ0v) is 18.1. The molecule has 0 spiro atoms. The summed E-state index contributed by atoms with van der Waals surface area (Å²) in [6, 6.07) is 25.1. The highest BCUT2D eigenvalue weighted by Crippen LogP contribution is 2.33. The Morgan fingerprint density at radius 1 is 0.897 bits per heavy atom. The lowest BCUT2D eigenvalue weighted by Gasteiger charge is -2.36. The third-order valence-corrected chi connectivity index (χ3v) is 6.52. The van der Waals surface area contributed by atoms with Crippen LogP contribution in [0.3, 0.4) is 0 Å². The van der Waals surface area contributed by atoms with Gasteiger partial charge in [0, 0.05) is 53.2 Å². The second-order valence-electron chi connectivity index (χ2n) is 7.13. The molecule has 0 radical (unpaired) electrons. The maximum Gasteiger partial charge on any atom is 0.119 e. The molecule has 0 saturated carbocycles. The summed E-state index contributed by atoms with van der Waals surface area (Å²) in [6.07, 6.45) is 0. The highest BCUT2D eigenvalue weighted by atomic mass is 35.5. The Kier molecular flexibility index (Phi) is 6.65. The summed E-state index contributed by atoms with van der Waals surface area (Å²) in [5.74, 6) is 0.893. The van der Waals surface area contributed by atoms with Gasteiger partial charge in [-0.1, -0.05) is 53.7 Å². The molecule has 1 aliphatic heterocycles. The molecule has 0 N–H and O–H groups in total. The van der Waals surface area contributed by atoms with Crippen LogP contribution in [0.25, 0.3) is 0 Å². The van der Waals surface area contributed by atoms with E-state index in [1.165, 1.54) is 21.0 Å². The largest absolute Gasteiger partial charge is 0.497 e. The summed E-state index contributed by atoms with van der Waals surface area (Å²) in [7, 11) is 1.71. The van der Waals surface area contributed by atoms with E-state index in [0.29, 0.717) is 0 Å². The molecule has 150 valence electrons. The van der Waals surface area contributed by atoms with E-state index in [-0.39, 0.29) is 0 Å². The minimum Gasteiger partial charge on any atom is -0.497 e. The Labute approximate surface area is 182 Å². The van der Waals surface area contributed by atoms with Gasteiger partial charge in [0.15, 0.2) is 0 Å². The van der Waals surface area contributed by atoms with E-state index in [1.807, 2.05) is 24.3 Å². The molecule has 3 aromatic carbocycles. The molecule has 1 saturated heterocycles. The first-order chi connectivity index (χ1) is 14.2. The van der Waals surface area contributed by atoms with Crippen molar-refractivity contribution in [2.45, 2.75) is 16.3 Å². The lowest BCUT2D eigenvalue weighted by atomic mass is 10.2. The van der Waals surface area contributed by atoms with E-state index in [2.05, 4.69) is 58.3 Å². The molecular formula is C24H25ClN2OS. The number of anilines is 1. The van der Waals surface area contributed by atoms with Gasteiger partial charge in [-0.15, -0.1) is 0 Å². The van der Waals surface area contributed by atoms with Crippen LogP contribution >= 0.6 is 23.4 Å². The molecule has 1 heterocycles. The van der Waals surface area contributed by atoms with Crippen molar-refractivity contribution in [2.24, 2.45) is 0 Å². The Bertz CT molecular complexity index is 957. The number of nitrogens with zero attached hydrogens (tertiary/aromatic N) is 2. The van der Waals surface area contributed by atoms with E-state index >= 15 is 0 Å². The van der Waals surface area contributed by atoms with Gasteiger partial charge in [0.1, 0.15) is 5.75 Å². The van der Waals surface area contributed by atoms with Gasteiger partial charge in [-0.05, 0) is 48.0 Å². The number of piperazine rings is 1. The van der Waals surface area contributed by atoms with E-state index in [0.717, 1.165) is 43.5 Å². The van der Waals surface area contributed by atoms with Crippen molar-refractivity contribution in [2.75, 3.05) is 38.2 Å². The van der Waals surface area contributed by atoms with Gasteiger partial charge in [0.2, 0.25) is 0 Å². The Balaban J connectivity index is 1.40. The summed E-state index contributed by atoms with van der Waals surface area (Å²) >= 11 is 7.96. The first kappa shape index (κ1) is 20.1. The number of hydrogen-bond acceptors (Lipinski definition) is 4. The van der Waals surface area contributed by atoms with Crippen LogP contribution in [0, 0.1) is 0 Å². The topological polar surface area (TPSA) is 15.7 Å². The van der Waals surface area contributed by atoms with Gasteiger partial charge in [0.05, 0.1) is 7.11 Å². The molecule has 0 atom stereocenters. The van der Waals surface area contributed by atoms with Crippen molar-refractivity contribution in [3.8, 4) is 5.75 Å². The molecule has 5 heteroatoms. The minimum absolute atomic E-state index is 0.799. The lowest BCUT2D eigenvalue weighted by Crippen LogP contribution is -2.46. The molecule has 0 unspecified atom stereocenters. The Hall–Kier alpha value is -2.14. The Morgan fingerprint density at radius 3 is 2.48 bits per heavy atom. The fourth-order valence-corrected chi connectivity index (χ4v) is 4.77. The second kappa shape index (κ2) is 9.57. The molecular weight excluding hydrogens is 400 g/mol. The average molecular weight is 425 g/mol. The molecule has 1 aliphatic rings. The highest BCUT2D eigenvalue weighted by Gasteiger charge is 2.18. The molecule has 0 aliphatic carbocycles. The summed E-state index contributed by atoms with van der Waals surface area (Å²) in [5.41, 5.74) is 2.59. The maximum atomic E-state index is 6.16. The first-order valence-corrected chi connectivity index (χ1v) is 11.0. The van der Waals surface area contributed by atoms with Gasteiger partial charge in [-0.2, -0.15) is 0 Å². The molecule has 0 aromatic heterocycles. The molecule has 1 fully saturated rings. The Morgan fingerprint density at radius 2 is 1.69 bits per heavy atom. The zero-order valence-electron chi connectivity index (χ0n) is 16.6.